The summed E-state index contributed by atoms with van der Waals surface area (Å²) in [7, 11) is -2.85. The largest absolute Gasteiger partial charge is 0.329 e. The van der Waals surface area contributed by atoms with Gasteiger partial charge >= 0.3 is 0 Å². The SMILES string of the molecule is CCS(=O)(=O)CCN(CCN)C(C)C. The number of nitrogens with two attached hydrogens (primary N) is 1. The van der Waals surface area contributed by atoms with Crippen LogP contribution in [0.2, 0.25) is 0 Å². The Labute approximate surface area is 87.4 Å². The minimum Gasteiger partial charge on any atom is -0.329 e. The van der Waals surface area contributed by atoms with Crippen molar-refractivity contribution in [3.63, 3.8) is 0 Å². The van der Waals surface area contributed by atoms with Crippen LogP contribution in [0.4, 0.5) is 0 Å². The molecule has 0 aromatic carbocycles. The fraction of sp³-hybridized carbons (Fsp3) is 1.00. The standard InChI is InChI=1S/C9H22N2O2S/c1-4-14(12,13)8-7-11(6-5-10)9(2)3/h9H,4-8,10H2,1-3H3. The summed E-state index contributed by atoms with van der Waals surface area (Å²) in [5.41, 5.74) is 5.45. The van der Waals surface area contributed by atoms with Crippen molar-refractivity contribution in [1.82, 2.24) is 4.90 Å². The van der Waals surface area contributed by atoms with Crippen molar-refractivity contribution in [3.05, 3.63) is 0 Å². The van der Waals surface area contributed by atoms with Gasteiger partial charge in [-0.3, -0.25) is 4.90 Å². The van der Waals surface area contributed by atoms with E-state index in [1.807, 2.05) is 13.8 Å². The predicted molar refractivity (Wildman–Crippen MR) is 60.1 cm³/mol. The van der Waals surface area contributed by atoms with Crippen molar-refractivity contribution < 1.29 is 8.42 Å². The van der Waals surface area contributed by atoms with Gasteiger partial charge in [-0.1, -0.05) is 6.92 Å². The Morgan fingerprint density at radius 1 is 1.29 bits per heavy atom. The maximum atomic E-state index is 11.3. The molecule has 14 heavy (non-hydrogen) atoms. The van der Waals surface area contributed by atoms with Crippen molar-refractivity contribution in [3.8, 4) is 0 Å². The smallest absolute Gasteiger partial charge is 0.151 e. The molecule has 0 radical (unpaired) electrons. The molecule has 0 aliphatic rings. The fourth-order valence-corrected chi connectivity index (χ4v) is 2.00. The van der Waals surface area contributed by atoms with Crippen LogP contribution in [0.1, 0.15) is 20.8 Å². The lowest BCUT2D eigenvalue weighted by atomic mass is 10.3. The molecule has 2 N–H and O–H groups in total. The van der Waals surface area contributed by atoms with E-state index in [4.69, 9.17) is 5.73 Å². The van der Waals surface area contributed by atoms with E-state index in [2.05, 4.69) is 4.90 Å². The first-order chi connectivity index (χ1) is 6.43. The number of nitrogens with zero attached hydrogens (tertiary/aromatic N) is 1. The van der Waals surface area contributed by atoms with Gasteiger partial charge in [0, 0.05) is 31.4 Å². The van der Waals surface area contributed by atoms with Crippen molar-refractivity contribution in [2.24, 2.45) is 5.73 Å². The van der Waals surface area contributed by atoms with Crippen molar-refractivity contribution in [2.75, 3.05) is 31.1 Å². The molecule has 0 aromatic rings. The lowest BCUT2D eigenvalue weighted by molar-refractivity contribution is 0.241. The van der Waals surface area contributed by atoms with Crippen LogP contribution in [-0.4, -0.2) is 50.5 Å². The Morgan fingerprint density at radius 2 is 1.86 bits per heavy atom. The van der Waals surface area contributed by atoms with Gasteiger partial charge in [0.2, 0.25) is 0 Å². The minimum atomic E-state index is -2.85. The van der Waals surface area contributed by atoms with E-state index in [-0.39, 0.29) is 11.5 Å². The first-order valence-electron chi connectivity index (χ1n) is 5.07. The molecule has 0 amide bonds. The highest BCUT2D eigenvalue weighted by molar-refractivity contribution is 7.91. The lowest BCUT2D eigenvalue weighted by Gasteiger charge is -2.25. The summed E-state index contributed by atoms with van der Waals surface area (Å²) in [6.07, 6.45) is 0. The Hall–Kier alpha value is -0.130. The van der Waals surface area contributed by atoms with Crippen molar-refractivity contribution >= 4 is 9.84 Å². The van der Waals surface area contributed by atoms with Crippen molar-refractivity contribution in [2.45, 2.75) is 26.8 Å². The van der Waals surface area contributed by atoms with Gasteiger partial charge in [0.15, 0.2) is 9.84 Å². The highest BCUT2D eigenvalue weighted by Gasteiger charge is 2.13. The zero-order valence-electron chi connectivity index (χ0n) is 9.36. The van der Waals surface area contributed by atoms with Gasteiger partial charge in [-0.15, -0.1) is 0 Å². The predicted octanol–water partition coefficient (Wildman–Crippen LogP) is 0.0902. The van der Waals surface area contributed by atoms with Crippen LogP contribution < -0.4 is 5.73 Å². The molecule has 0 heterocycles. The summed E-state index contributed by atoms with van der Waals surface area (Å²) < 4.78 is 22.5. The van der Waals surface area contributed by atoms with Crippen molar-refractivity contribution in [1.29, 1.82) is 0 Å². The molecule has 0 unspecified atom stereocenters. The van der Waals surface area contributed by atoms with Crippen LogP contribution in [0.25, 0.3) is 0 Å². The van der Waals surface area contributed by atoms with E-state index in [1.165, 1.54) is 0 Å². The summed E-state index contributed by atoms with van der Waals surface area (Å²) in [6.45, 7) is 7.70. The molecule has 0 saturated carbocycles. The third-order valence-corrected chi connectivity index (χ3v) is 3.96. The molecule has 86 valence electrons. The number of sulfone groups is 1. The monoisotopic (exact) mass is 222 g/mol. The van der Waals surface area contributed by atoms with E-state index in [1.54, 1.807) is 6.92 Å². The number of hydrogen-bond donors (Lipinski definition) is 1. The maximum absolute atomic E-state index is 11.3. The zero-order chi connectivity index (χ0) is 11.2. The second-order valence-electron chi connectivity index (χ2n) is 3.65. The summed E-state index contributed by atoms with van der Waals surface area (Å²) in [6, 6.07) is 0.352. The van der Waals surface area contributed by atoms with Crippen LogP contribution >= 0.6 is 0 Å². The molecule has 0 fully saturated rings. The molecule has 4 nitrogen and oxygen atoms in total. The normalized spacial score (nSPS) is 12.7. The lowest BCUT2D eigenvalue weighted by Crippen LogP contribution is -2.38. The van der Waals surface area contributed by atoms with Crippen LogP contribution in [0.3, 0.4) is 0 Å². The average Bonchev–Trinajstić information content (AvgIpc) is 2.12. The Bertz CT molecular complexity index is 237. The molecular formula is C9H22N2O2S. The average molecular weight is 222 g/mol. The Morgan fingerprint density at radius 3 is 2.21 bits per heavy atom. The summed E-state index contributed by atoms with van der Waals surface area (Å²) in [5, 5.41) is 0. The minimum absolute atomic E-state index is 0.224. The summed E-state index contributed by atoms with van der Waals surface area (Å²) in [5.74, 6) is 0.462. The van der Waals surface area contributed by atoms with E-state index >= 15 is 0 Å². The molecule has 0 spiro atoms. The number of hydrogen-bond acceptors (Lipinski definition) is 4. The first-order valence-corrected chi connectivity index (χ1v) is 6.89. The molecule has 0 aliphatic heterocycles. The number of rotatable bonds is 7. The van der Waals surface area contributed by atoms with Gasteiger partial charge in [-0.2, -0.15) is 0 Å². The fourth-order valence-electron chi connectivity index (χ4n) is 1.19. The molecule has 0 atom stereocenters. The van der Waals surface area contributed by atoms with Gasteiger partial charge in [0.25, 0.3) is 0 Å². The van der Waals surface area contributed by atoms with Crippen LogP contribution in [0.15, 0.2) is 0 Å². The molecular weight excluding hydrogens is 200 g/mol. The topological polar surface area (TPSA) is 63.4 Å². The van der Waals surface area contributed by atoms with E-state index in [0.717, 1.165) is 6.54 Å². The van der Waals surface area contributed by atoms with Crippen LogP contribution in [-0.2, 0) is 9.84 Å². The molecule has 0 aromatic heterocycles. The van der Waals surface area contributed by atoms with E-state index < -0.39 is 9.84 Å². The Balaban J connectivity index is 4.06. The van der Waals surface area contributed by atoms with Gasteiger partial charge in [0.1, 0.15) is 0 Å². The van der Waals surface area contributed by atoms with Gasteiger partial charge in [0.05, 0.1) is 5.75 Å². The third-order valence-electron chi connectivity index (χ3n) is 2.28. The Kier molecular flexibility index (Phi) is 6.31. The van der Waals surface area contributed by atoms with Gasteiger partial charge in [-0.25, -0.2) is 8.42 Å². The zero-order valence-corrected chi connectivity index (χ0v) is 10.2. The van der Waals surface area contributed by atoms with Crippen LogP contribution in [0, 0.1) is 0 Å². The first kappa shape index (κ1) is 13.9. The maximum Gasteiger partial charge on any atom is 0.151 e. The molecule has 0 bridgehead atoms. The van der Waals surface area contributed by atoms with E-state index in [9.17, 15) is 8.42 Å². The molecule has 0 rings (SSSR count). The highest BCUT2D eigenvalue weighted by atomic mass is 32.2. The second kappa shape index (κ2) is 6.37. The highest BCUT2D eigenvalue weighted by Crippen LogP contribution is 1.99. The second-order valence-corrected chi connectivity index (χ2v) is 6.13. The summed E-state index contributed by atoms with van der Waals surface area (Å²) >= 11 is 0. The van der Waals surface area contributed by atoms with E-state index in [0.29, 0.717) is 19.1 Å². The molecule has 0 saturated heterocycles. The van der Waals surface area contributed by atoms with Gasteiger partial charge in [-0.05, 0) is 13.8 Å². The summed E-state index contributed by atoms with van der Waals surface area (Å²) in [4.78, 5) is 2.09. The third kappa shape index (κ3) is 5.57. The molecule has 0 aliphatic carbocycles. The quantitative estimate of drug-likeness (QED) is 0.663. The van der Waals surface area contributed by atoms with Gasteiger partial charge < -0.3 is 5.73 Å². The molecule has 5 heteroatoms. The van der Waals surface area contributed by atoms with Crippen LogP contribution in [0.5, 0.6) is 0 Å².